The number of aromatic nitrogens is 3. The van der Waals surface area contributed by atoms with Crippen molar-refractivity contribution >= 4 is 17.4 Å². The number of halogens is 2. The highest BCUT2D eigenvalue weighted by atomic mass is 19.1. The average Bonchev–Trinajstić information content (AvgIpc) is 3.40. The van der Waals surface area contributed by atoms with Crippen molar-refractivity contribution < 1.29 is 23.8 Å². The van der Waals surface area contributed by atoms with Crippen molar-refractivity contribution in [1.29, 1.82) is 0 Å². The number of hydrogen-bond donors (Lipinski definition) is 3. The summed E-state index contributed by atoms with van der Waals surface area (Å²) in [6.45, 7) is 1.65. The molecule has 1 aromatic carbocycles. The van der Waals surface area contributed by atoms with Crippen molar-refractivity contribution in [3.05, 3.63) is 59.4 Å². The van der Waals surface area contributed by atoms with E-state index in [1.54, 1.807) is 12.3 Å². The Bertz CT molecular complexity index is 1100. The largest absolute Gasteiger partial charge is 0.394 e. The van der Waals surface area contributed by atoms with Crippen LogP contribution in [0.15, 0.2) is 36.7 Å². The third-order valence-electron chi connectivity index (χ3n) is 5.56. The van der Waals surface area contributed by atoms with Crippen molar-refractivity contribution in [3.63, 3.8) is 0 Å². The zero-order chi connectivity index (χ0) is 22.1. The Kier molecular flexibility index (Phi) is 5.84. The second-order valence-corrected chi connectivity index (χ2v) is 7.63. The van der Waals surface area contributed by atoms with Crippen LogP contribution in [0.1, 0.15) is 41.7 Å². The number of rotatable bonds is 6. The molecule has 0 unspecified atom stereocenters. The molecule has 1 aliphatic heterocycles. The molecule has 10 heteroatoms. The predicted octanol–water partition coefficient (Wildman–Crippen LogP) is 1.82. The van der Waals surface area contributed by atoms with Crippen LogP contribution >= 0.6 is 0 Å². The maximum atomic E-state index is 14.4. The molecule has 0 spiro atoms. The minimum atomic E-state index is -0.939. The molecule has 3 aromatic rings. The summed E-state index contributed by atoms with van der Waals surface area (Å²) >= 11 is 0. The van der Waals surface area contributed by atoms with Crippen molar-refractivity contribution in [3.8, 4) is 0 Å². The van der Waals surface area contributed by atoms with Crippen LogP contribution in [0.25, 0.3) is 5.65 Å². The van der Waals surface area contributed by atoms with Gasteiger partial charge < -0.3 is 20.4 Å². The van der Waals surface area contributed by atoms with Gasteiger partial charge in [0.05, 0.1) is 31.0 Å². The van der Waals surface area contributed by atoms with Gasteiger partial charge in [-0.3, -0.25) is 4.79 Å². The van der Waals surface area contributed by atoms with E-state index in [0.29, 0.717) is 18.8 Å². The summed E-state index contributed by atoms with van der Waals surface area (Å²) in [5.74, 6) is -0.994. The Morgan fingerprint density at radius 2 is 2.16 bits per heavy atom. The monoisotopic (exact) mass is 431 g/mol. The van der Waals surface area contributed by atoms with Gasteiger partial charge in [0.2, 0.25) is 0 Å². The molecule has 164 valence electrons. The van der Waals surface area contributed by atoms with Crippen LogP contribution in [0, 0.1) is 11.6 Å². The Morgan fingerprint density at radius 1 is 1.35 bits per heavy atom. The fraction of sp³-hybridized carbons (Fsp3) is 0.381. The van der Waals surface area contributed by atoms with E-state index >= 15 is 0 Å². The summed E-state index contributed by atoms with van der Waals surface area (Å²) < 4.78 is 29.6. The molecule has 31 heavy (non-hydrogen) atoms. The summed E-state index contributed by atoms with van der Waals surface area (Å²) in [7, 11) is 0. The zero-order valence-corrected chi connectivity index (χ0v) is 16.9. The molecule has 1 fully saturated rings. The first-order valence-corrected chi connectivity index (χ1v) is 10.0. The maximum absolute atomic E-state index is 14.4. The Morgan fingerprint density at radius 3 is 2.90 bits per heavy atom. The molecule has 2 aromatic heterocycles. The van der Waals surface area contributed by atoms with Gasteiger partial charge in [0, 0.05) is 18.3 Å². The van der Waals surface area contributed by atoms with Crippen LogP contribution in [0.4, 0.5) is 14.6 Å². The summed E-state index contributed by atoms with van der Waals surface area (Å²) in [4.78, 5) is 19.1. The van der Waals surface area contributed by atoms with E-state index in [4.69, 9.17) is 0 Å². The van der Waals surface area contributed by atoms with Crippen LogP contribution in [0.5, 0.6) is 0 Å². The second-order valence-electron chi connectivity index (χ2n) is 7.63. The lowest BCUT2D eigenvalue weighted by Gasteiger charge is -2.26. The average molecular weight is 431 g/mol. The molecule has 3 heterocycles. The molecule has 1 amide bonds. The van der Waals surface area contributed by atoms with Gasteiger partial charge in [-0.05, 0) is 44.0 Å². The van der Waals surface area contributed by atoms with Crippen molar-refractivity contribution in [2.75, 3.05) is 18.1 Å². The SMILES string of the molecule is C[C@@H](O)[C@H](CO)NC(=O)c1cnn2ccc(N3CCC[C@@H]3c3cc(F)ccc3F)nc12. The van der Waals surface area contributed by atoms with Crippen LogP contribution in [-0.4, -0.2) is 56.0 Å². The lowest BCUT2D eigenvalue weighted by molar-refractivity contribution is 0.0759. The molecule has 0 saturated carbocycles. The fourth-order valence-electron chi connectivity index (χ4n) is 3.88. The molecule has 3 atom stereocenters. The van der Waals surface area contributed by atoms with Crippen molar-refractivity contribution in [2.24, 2.45) is 0 Å². The van der Waals surface area contributed by atoms with Gasteiger partial charge in [0.1, 0.15) is 23.0 Å². The maximum Gasteiger partial charge on any atom is 0.257 e. The van der Waals surface area contributed by atoms with E-state index in [0.717, 1.165) is 18.6 Å². The summed E-state index contributed by atoms with van der Waals surface area (Å²) in [5, 5.41) is 25.7. The van der Waals surface area contributed by atoms with E-state index in [-0.39, 0.29) is 22.8 Å². The third-order valence-corrected chi connectivity index (χ3v) is 5.56. The molecule has 1 aliphatic rings. The number of carbonyl (C=O) groups excluding carboxylic acids is 1. The third kappa shape index (κ3) is 4.08. The van der Waals surface area contributed by atoms with E-state index in [1.165, 1.54) is 23.7 Å². The van der Waals surface area contributed by atoms with Gasteiger partial charge in [-0.15, -0.1) is 0 Å². The van der Waals surface area contributed by atoms with E-state index in [2.05, 4.69) is 15.4 Å². The summed E-state index contributed by atoms with van der Waals surface area (Å²) in [5.41, 5.74) is 0.727. The Balaban J connectivity index is 1.67. The number of anilines is 1. The normalized spacial score (nSPS) is 18.4. The van der Waals surface area contributed by atoms with E-state index in [1.807, 2.05) is 4.90 Å². The first kappa shape index (κ1) is 21.1. The van der Waals surface area contributed by atoms with Crippen molar-refractivity contribution in [2.45, 2.75) is 38.0 Å². The Labute approximate surface area is 177 Å². The standard InChI is InChI=1S/C21H23F2N5O3/c1-12(30)17(11-29)25-21(31)15-10-24-28-8-6-19(26-20(15)28)27-7-2-3-18(27)14-9-13(22)4-5-16(14)23/h4-6,8-10,12,17-18,29-30H,2-3,7,11H2,1H3,(H,25,31)/t12-,17+,18-/m1/s1. The molecular weight excluding hydrogens is 408 g/mol. The second kappa shape index (κ2) is 8.56. The first-order chi connectivity index (χ1) is 14.9. The number of nitrogens with zero attached hydrogens (tertiary/aromatic N) is 4. The predicted molar refractivity (Wildman–Crippen MR) is 109 cm³/mol. The number of aliphatic hydroxyl groups is 2. The molecular formula is C21H23F2N5O3. The van der Waals surface area contributed by atoms with Gasteiger partial charge in [-0.2, -0.15) is 5.10 Å². The van der Waals surface area contributed by atoms with Gasteiger partial charge in [-0.1, -0.05) is 0 Å². The lowest BCUT2D eigenvalue weighted by atomic mass is 10.0. The van der Waals surface area contributed by atoms with Gasteiger partial charge in [0.15, 0.2) is 5.65 Å². The van der Waals surface area contributed by atoms with Gasteiger partial charge in [0.25, 0.3) is 5.91 Å². The first-order valence-electron chi connectivity index (χ1n) is 10.0. The number of fused-ring (bicyclic) bond motifs is 1. The molecule has 4 rings (SSSR count). The smallest absolute Gasteiger partial charge is 0.257 e. The molecule has 3 N–H and O–H groups in total. The molecule has 0 radical (unpaired) electrons. The molecule has 0 aliphatic carbocycles. The number of amides is 1. The highest BCUT2D eigenvalue weighted by molar-refractivity contribution is 6.00. The number of benzene rings is 1. The lowest BCUT2D eigenvalue weighted by Crippen LogP contribution is -2.44. The highest BCUT2D eigenvalue weighted by Gasteiger charge is 2.30. The van der Waals surface area contributed by atoms with E-state index < -0.39 is 36.3 Å². The summed E-state index contributed by atoms with van der Waals surface area (Å²) in [6.07, 6.45) is 3.49. The number of hydrogen-bond acceptors (Lipinski definition) is 6. The topological polar surface area (TPSA) is 103 Å². The quantitative estimate of drug-likeness (QED) is 0.550. The summed E-state index contributed by atoms with van der Waals surface area (Å²) in [6, 6.07) is 3.93. The number of aliphatic hydroxyl groups excluding tert-OH is 2. The highest BCUT2D eigenvalue weighted by Crippen LogP contribution is 2.36. The van der Waals surface area contributed by atoms with Gasteiger partial charge >= 0.3 is 0 Å². The molecule has 0 bridgehead atoms. The molecule has 1 saturated heterocycles. The molecule has 8 nitrogen and oxygen atoms in total. The van der Waals surface area contributed by atoms with Crippen LogP contribution in [0.2, 0.25) is 0 Å². The van der Waals surface area contributed by atoms with Crippen molar-refractivity contribution in [1.82, 2.24) is 19.9 Å². The minimum Gasteiger partial charge on any atom is -0.394 e. The zero-order valence-electron chi connectivity index (χ0n) is 16.9. The minimum absolute atomic E-state index is 0.175. The number of nitrogens with one attached hydrogen (secondary N) is 1. The van der Waals surface area contributed by atoms with Crippen LogP contribution in [0.3, 0.4) is 0 Å². The van der Waals surface area contributed by atoms with Crippen LogP contribution in [-0.2, 0) is 0 Å². The van der Waals surface area contributed by atoms with Crippen LogP contribution < -0.4 is 10.2 Å². The van der Waals surface area contributed by atoms with Gasteiger partial charge in [-0.25, -0.2) is 18.3 Å². The van der Waals surface area contributed by atoms with E-state index in [9.17, 15) is 23.8 Å². The fourth-order valence-corrected chi connectivity index (χ4v) is 3.88. The number of carbonyl (C=O) groups is 1. The Hall–Kier alpha value is -3.11.